The number of methoxy groups -OCH3 is 1. The number of halogens is 7. The molecule has 0 saturated carbocycles. The van der Waals surface area contributed by atoms with Crippen molar-refractivity contribution in [3.63, 3.8) is 0 Å². The maximum absolute atomic E-state index is 14.8. The van der Waals surface area contributed by atoms with Crippen LogP contribution in [0.5, 0.6) is 0 Å². The molecular formula is C29H25F6IN2O4. The third-order valence-electron chi connectivity index (χ3n) is 7.38. The van der Waals surface area contributed by atoms with Crippen molar-refractivity contribution in [2.75, 3.05) is 20.2 Å². The summed E-state index contributed by atoms with van der Waals surface area (Å²) in [5, 5.41) is 13.2. The fourth-order valence-corrected chi connectivity index (χ4v) is 5.33. The number of benzene rings is 3. The number of rotatable bonds is 8. The van der Waals surface area contributed by atoms with E-state index in [1.165, 1.54) is 37.3 Å². The first kappa shape index (κ1) is 31.8. The number of ether oxygens (including phenoxy) is 1. The Hall–Kier alpha value is -3.17. The summed E-state index contributed by atoms with van der Waals surface area (Å²) >= 11 is 1.88. The fourth-order valence-electron chi connectivity index (χ4n) is 4.88. The minimum Gasteiger partial charge on any atom is -0.384 e. The van der Waals surface area contributed by atoms with Gasteiger partial charge in [0.1, 0.15) is 11.4 Å². The van der Waals surface area contributed by atoms with Gasteiger partial charge in [-0.1, -0.05) is 36.4 Å². The molecule has 4 rings (SSSR count). The Morgan fingerprint density at radius 1 is 1.05 bits per heavy atom. The third-order valence-corrected chi connectivity index (χ3v) is 8.06. The number of aliphatic hydroxyl groups is 1. The summed E-state index contributed by atoms with van der Waals surface area (Å²) in [7, 11) is 0.741. The van der Waals surface area contributed by atoms with Crippen LogP contribution in [0.1, 0.15) is 34.0 Å². The van der Waals surface area contributed by atoms with Crippen LogP contribution in [0.2, 0.25) is 0 Å². The highest BCUT2D eigenvalue weighted by atomic mass is 127. The van der Waals surface area contributed by atoms with E-state index in [1.807, 2.05) is 22.6 Å². The number of alkyl halides is 3. The van der Waals surface area contributed by atoms with E-state index >= 15 is 0 Å². The molecule has 1 heterocycles. The normalized spacial score (nSPS) is 16.8. The summed E-state index contributed by atoms with van der Waals surface area (Å²) in [5.41, 5.74) is -6.34. The molecule has 1 aliphatic rings. The van der Waals surface area contributed by atoms with Crippen molar-refractivity contribution >= 4 is 34.4 Å². The predicted octanol–water partition coefficient (Wildman–Crippen LogP) is 5.10. The summed E-state index contributed by atoms with van der Waals surface area (Å²) < 4.78 is 91.4. The number of carbonyl (C=O) groups is 2. The quantitative estimate of drug-likeness (QED) is 0.253. The molecule has 1 saturated heterocycles. The third kappa shape index (κ3) is 5.73. The summed E-state index contributed by atoms with van der Waals surface area (Å²) in [5.74, 6) is -5.64. The van der Waals surface area contributed by atoms with Gasteiger partial charge < -0.3 is 20.1 Å². The van der Waals surface area contributed by atoms with Crippen LogP contribution in [-0.4, -0.2) is 59.8 Å². The van der Waals surface area contributed by atoms with Crippen molar-refractivity contribution in [3.05, 3.63) is 104 Å². The average molecular weight is 706 g/mol. The lowest BCUT2D eigenvalue weighted by atomic mass is 9.84. The second-order valence-electron chi connectivity index (χ2n) is 10.0. The zero-order chi connectivity index (χ0) is 31.0. The number of β-amino-alcohol motifs (C(OH)–C–C–N with tert-alkyl or cyclic N) is 1. The van der Waals surface area contributed by atoms with E-state index in [1.54, 1.807) is 6.07 Å². The lowest BCUT2D eigenvalue weighted by molar-refractivity contribution is -0.266. The van der Waals surface area contributed by atoms with Crippen molar-refractivity contribution in [1.29, 1.82) is 0 Å². The monoisotopic (exact) mass is 706 g/mol. The summed E-state index contributed by atoms with van der Waals surface area (Å²) in [6.07, 6.45) is -5.61. The molecule has 2 atom stereocenters. The van der Waals surface area contributed by atoms with Crippen LogP contribution >= 0.6 is 22.6 Å². The fraction of sp³-hybridized carbons (Fsp3) is 0.310. The molecule has 224 valence electrons. The van der Waals surface area contributed by atoms with Crippen molar-refractivity contribution in [1.82, 2.24) is 10.2 Å². The Morgan fingerprint density at radius 3 is 2.26 bits per heavy atom. The van der Waals surface area contributed by atoms with Crippen molar-refractivity contribution < 1.29 is 45.8 Å². The van der Waals surface area contributed by atoms with Crippen molar-refractivity contribution in [3.8, 4) is 0 Å². The van der Waals surface area contributed by atoms with Crippen LogP contribution in [0.3, 0.4) is 0 Å². The molecular weight excluding hydrogens is 681 g/mol. The molecule has 0 spiro atoms. The van der Waals surface area contributed by atoms with Gasteiger partial charge in [0.25, 0.3) is 17.4 Å². The lowest BCUT2D eigenvalue weighted by Gasteiger charge is -2.50. The number of hydrogen-bond acceptors (Lipinski definition) is 4. The van der Waals surface area contributed by atoms with Gasteiger partial charge in [0, 0.05) is 33.8 Å². The van der Waals surface area contributed by atoms with Gasteiger partial charge in [0.05, 0.1) is 19.1 Å². The van der Waals surface area contributed by atoms with Crippen LogP contribution in [0.15, 0.2) is 60.7 Å². The van der Waals surface area contributed by atoms with Gasteiger partial charge in [0.15, 0.2) is 11.6 Å². The highest BCUT2D eigenvalue weighted by Crippen LogP contribution is 2.42. The van der Waals surface area contributed by atoms with Crippen LogP contribution < -0.4 is 5.32 Å². The van der Waals surface area contributed by atoms with Gasteiger partial charge >= 0.3 is 6.18 Å². The van der Waals surface area contributed by atoms with E-state index in [9.17, 15) is 41.0 Å². The molecule has 2 amide bonds. The van der Waals surface area contributed by atoms with Crippen LogP contribution in [0, 0.1) is 21.0 Å². The molecule has 0 radical (unpaired) electrons. The minimum absolute atomic E-state index is 0.0233. The molecule has 2 N–H and O–H groups in total. The van der Waals surface area contributed by atoms with Crippen LogP contribution in [0.4, 0.5) is 26.3 Å². The first-order chi connectivity index (χ1) is 19.6. The lowest BCUT2D eigenvalue weighted by Crippen LogP contribution is -2.72. The molecule has 42 heavy (non-hydrogen) atoms. The Kier molecular flexibility index (Phi) is 8.95. The standard InChI is InChI=1S/C29H25F6IN2O4/c1-16(37-26(40)28(42-2,29(33,34)35)18-6-4-3-5-7-18)27(41)14-38(15-27)25(39)20-10-11-22(30)24(32)21(20)12-17-8-9-19(36)13-23(17)31/h3-11,13,16,41H,12,14-15H2,1-2H3,(H,37,40)/t16-,28+/m0/s1. The van der Waals surface area contributed by atoms with Gasteiger partial charge in [-0.25, -0.2) is 13.2 Å². The van der Waals surface area contributed by atoms with Gasteiger partial charge in [0.2, 0.25) is 0 Å². The van der Waals surface area contributed by atoms with Crippen molar-refractivity contribution in [2.45, 2.75) is 36.8 Å². The summed E-state index contributed by atoms with van der Waals surface area (Å²) in [4.78, 5) is 27.4. The number of hydrogen-bond donors (Lipinski definition) is 2. The molecule has 0 aromatic heterocycles. The van der Waals surface area contributed by atoms with Gasteiger partial charge in [-0.05, 0) is 59.3 Å². The van der Waals surface area contributed by atoms with Gasteiger partial charge in [-0.15, -0.1) is 0 Å². The molecule has 0 unspecified atom stereocenters. The van der Waals surface area contributed by atoms with Crippen LogP contribution in [-0.2, 0) is 21.6 Å². The average Bonchev–Trinajstić information content (AvgIpc) is 2.91. The summed E-state index contributed by atoms with van der Waals surface area (Å²) in [6.45, 7) is 0.381. The highest BCUT2D eigenvalue weighted by Gasteiger charge is 2.63. The number of nitrogens with one attached hydrogen (secondary N) is 1. The Labute approximate surface area is 250 Å². The maximum Gasteiger partial charge on any atom is 0.430 e. The molecule has 3 aromatic carbocycles. The summed E-state index contributed by atoms with van der Waals surface area (Å²) in [6, 6.07) is 10.9. The predicted molar refractivity (Wildman–Crippen MR) is 148 cm³/mol. The maximum atomic E-state index is 14.8. The largest absolute Gasteiger partial charge is 0.430 e. The highest BCUT2D eigenvalue weighted by molar-refractivity contribution is 14.1. The first-order valence-electron chi connectivity index (χ1n) is 12.6. The second kappa shape index (κ2) is 11.8. The molecule has 3 aromatic rings. The molecule has 6 nitrogen and oxygen atoms in total. The van der Waals surface area contributed by atoms with Gasteiger partial charge in [-0.2, -0.15) is 13.2 Å². The molecule has 0 aliphatic carbocycles. The minimum atomic E-state index is -5.17. The number of nitrogens with zero attached hydrogens (tertiary/aromatic N) is 1. The van der Waals surface area contributed by atoms with E-state index in [4.69, 9.17) is 4.74 Å². The van der Waals surface area contributed by atoms with E-state index in [-0.39, 0.29) is 11.1 Å². The first-order valence-corrected chi connectivity index (χ1v) is 13.6. The van der Waals surface area contributed by atoms with E-state index in [2.05, 4.69) is 5.32 Å². The van der Waals surface area contributed by atoms with E-state index < -0.39 is 83.3 Å². The Balaban J connectivity index is 1.53. The van der Waals surface area contributed by atoms with Crippen LogP contribution in [0.25, 0.3) is 0 Å². The van der Waals surface area contributed by atoms with Gasteiger partial charge in [-0.3, -0.25) is 9.59 Å². The Bertz CT molecular complexity index is 1500. The van der Waals surface area contributed by atoms with E-state index in [0.717, 1.165) is 36.3 Å². The molecule has 1 aliphatic heterocycles. The number of amides is 2. The zero-order valence-corrected chi connectivity index (χ0v) is 24.4. The molecule has 13 heteroatoms. The number of likely N-dealkylation sites (tertiary alicyclic amines) is 1. The zero-order valence-electron chi connectivity index (χ0n) is 22.2. The number of carbonyl (C=O) groups excluding carboxylic acids is 2. The Morgan fingerprint density at radius 2 is 1.69 bits per heavy atom. The second-order valence-corrected chi connectivity index (χ2v) is 11.3. The SMILES string of the molecule is CO[C@@](C(=O)N[C@@H](C)C1(O)CN(C(=O)c2ccc(F)c(F)c2Cc2ccc(I)cc2F)C1)(c1ccccc1)C(F)(F)F. The smallest absolute Gasteiger partial charge is 0.384 e. The van der Waals surface area contributed by atoms with E-state index in [0.29, 0.717) is 3.57 Å². The molecule has 1 fully saturated rings. The molecule has 0 bridgehead atoms. The van der Waals surface area contributed by atoms with Crippen molar-refractivity contribution in [2.24, 2.45) is 0 Å². The topological polar surface area (TPSA) is 78.9 Å².